The van der Waals surface area contributed by atoms with Gasteiger partial charge in [-0.15, -0.1) is 11.3 Å². The number of thiophene rings is 1. The predicted molar refractivity (Wildman–Crippen MR) is 84.1 cm³/mol. The molecule has 0 bridgehead atoms. The Morgan fingerprint density at radius 2 is 1.85 bits per heavy atom. The Morgan fingerprint density at radius 3 is 2.40 bits per heavy atom. The van der Waals surface area contributed by atoms with Gasteiger partial charge in [0.2, 0.25) is 10.0 Å². The van der Waals surface area contributed by atoms with Crippen LogP contribution in [0, 0.1) is 6.92 Å². The Kier molecular flexibility index (Phi) is 4.86. The topological polar surface area (TPSA) is 46.2 Å². The van der Waals surface area contributed by atoms with Gasteiger partial charge in [-0.05, 0) is 42.7 Å². The number of hydrogen-bond donors (Lipinski definition) is 1. The average Bonchev–Trinajstić information content (AvgIpc) is 2.84. The van der Waals surface area contributed by atoms with Gasteiger partial charge >= 0.3 is 0 Å². The highest BCUT2D eigenvalue weighted by atomic mass is 35.5. The Morgan fingerprint density at radius 1 is 1.20 bits per heavy atom. The highest BCUT2D eigenvalue weighted by Gasteiger charge is 2.17. The molecule has 0 aliphatic carbocycles. The van der Waals surface area contributed by atoms with Crippen molar-refractivity contribution in [1.82, 2.24) is 4.72 Å². The summed E-state index contributed by atoms with van der Waals surface area (Å²) in [5.74, 6) is 0.0862. The largest absolute Gasteiger partial charge is 0.250 e. The zero-order valence-electron chi connectivity index (χ0n) is 11.3. The van der Waals surface area contributed by atoms with Gasteiger partial charge in [0.1, 0.15) is 4.21 Å². The van der Waals surface area contributed by atoms with Crippen LogP contribution >= 0.6 is 22.9 Å². The van der Waals surface area contributed by atoms with Crippen molar-refractivity contribution in [1.29, 1.82) is 0 Å². The predicted octanol–water partition coefficient (Wildman–Crippen LogP) is 3.79. The van der Waals surface area contributed by atoms with E-state index in [1.165, 1.54) is 11.3 Å². The first-order chi connectivity index (χ1) is 9.38. The van der Waals surface area contributed by atoms with Gasteiger partial charge in [0.25, 0.3) is 0 Å². The first kappa shape index (κ1) is 15.5. The van der Waals surface area contributed by atoms with Crippen molar-refractivity contribution in [3.8, 4) is 0 Å². The molecule has 0 spiro atoms. The molecule has 6 heteroatoms. The lowest BCUT2D eigenvalue weighted by Gasteiger charge is -2.13. The molecule has 3 nitrogen and oxygen atoms in total. The number of halogens is 1. The lowest BCUT2D eigenvalue weighted by atomic mass is 10.0. The first-order valence-electron chi connectivity index (χ1n) is 6.20. The lowest BCUT2D eigenvalue weighted by Crippen LogP contribution is -2.27. The van der Waals surface area contributed by atoms with Gasteiger partial charge in [0.05, 0.1) is 0 Å². The van der Waals surface area contributed by atoms with E-state index in [1.807, 2.05) is 44.2 Å². The van der Waals surface area contributed by atoms with Gasteiger partial charge in [-0.25, -0.2) is 13.1 Å². The Bertz CT molecular complexity index is 677. The second-order valence-corrected chi connectivity index (χ2v) is 8.39. The van der Waals surface area contributed by atoms with Crippen LogP contribution in [-0.2, 0) is 10.0 Å². The normalized spacial score (nSPS) is 13.3. The van der Waals surface area contributed by atoms with Crippen LogP contribution in [0.1, 0.15) is 23.3 Å². The lowest BCUT2D eigenvalue weighted by molar-refractivity contribution is 0.577. The number of rotatable bonds is 5. The number of aryl methyl sites for hydroxylation is 1. The average molecular weight is 330 g/mol. The highest BCUT2D eigenvalue weighted by molar-refractivity contribution is 7.91. The van der Waals surface area contributed by atoms with E-state index in [-0.39, 0.29) is 5.92 Å². The molecule has 1 aromatic heterocycles. The number of hydrogen-bond acceptors (Lipinski definition) is 3. The zero-order valence-corrected chi connectivity index (χ0v) is 13.6. The first-order valence-corrected chi connectivity index (χ1v) is 8.88. The van der Waals surface area contributed by atoms with Crippen LogP contribution in [0.2, 0.25) is 5.02 Å². The summed E-state index contributed by atoms with van der Waals surface area (Å²) in [7, 11) is -3.41. The second-order valence-electron chi connectivity index (χ2n) is 4.67. The van der Waals surface area contributed by atoms with Crippen LogP contribution in [0.4, 0.5) is 0 Å². The van der Waals surface area contributed by atoms with Crippen LogP contribution in [0.5, 0.6) is 0 Å². The molecule has 1 unspecified atom stereocenters. The van der Waals surface area contributed by atoms with E-state index in [0.29, 0.717) is 15.8 Å². The van der Waals surface area contributed by atoms with E-state index in [1.54, 1.807) is 6.07 Å². The minimum absolute atomic E-state index is 0.0862. The van der Waals surface area contributed by atoms with Crippen LogP contribution in [0.15, 0.2) is 40.6 Å². The maximum atomic E-state index is 12.1. The Balaban J connectivity index is 2.03. The summed E-state index contributed by atoms with van der Waals surface area (Å²) in [5.41, 5.74) is 1.06. The molecule has 1 heterocycles. The van der Waals surface area contributed by atoms with Crippen LogP contribution in [0.25, 0.3) is 0 Å². The van der Waals surface area contributed by atoms with E-state index in [4.69, 9.17) is 11.6 Å². The summed E-state index contributed by atoms with van der Waals surface area (Å²) in [4.78, 5) is 0.983. The van der Waals surface area contributed by atoms with Crippen molar-refractivity contribution < 1.29 is 8.42 Å². The fourth-order valence-electron chi connectivity index (χ4n) is 1.77. The quantitative estimate of drug-likeness (QED) is 0.907. The number of benzene rings is 1. The van der Waals surface area contributed by atoms with Gasteiger partial charge < -0.3 is 0 Å². The van der Waals surface area contributed by atoms with Crippen molar-refractivity contribution in [3.05, 3.63) is 51.9 Å². The highest BCUT2D eigenvalue weighted by Crippen LogP contribution is 2.22. The molecule has 0 saturated carbocycles. The molecule has 1 N–H and O–H groups in total. The minimum atomic E-state index is -3.41. The maximum Gasteiger partial charge on any atom is 0.250 e. The second kappa shape index (κ2) is 6.26. The maximum absolute atomic E-state index is 12.1. The third kappa shape index (κ3) is 3.82. The van der Waals surface area contributed by atoms with Crippen molar-refractivity contribution >= 4 is 33.0 Å². The van der Waals surface area contributed by atoms with Crippen molar-refractivity contribution in [2.45, 2.75) is 24.0 Å². The fraction of sp³-hybridized carbons (Fsp3) is 0.286. The van der Waals surface area contributed by atoms with E-state index in [9.17, 15) is 8.42 Å². The molecule has 1 atom stereocenters. The molecule has 0 aliphatic heterocycles. The van der Waals surface area contributed by atoms with Crippen LogP contribution in [-0.4, -0.2) is 15.0 Å². The van der Waals surface area contributed by atoms with Gasteiger partial charge in [0, 0.05) is 16.4 Å². The van der Waals surface area contributed by atoms with Gasteiger partial charge in [-0.2, -0.15) is 0 Å². The monoisotopic (exact) mass is 329 g/mol. The summed E-state index contributed by atoms with van der Waals surface area (Å²) >= 11 is 7.11. The molecule has 2 aromatic rings. The third-order valence-corrected chi connectivity index (χ3v) is 6.17. The molecule has 1 aromatic carbocycles. The van der Waals surface area contributed by atoms with Gasteiger partial charge in [-0.1, -0.05) is 30.7 Å². The van der Waals surface area contributed by atoms with Crippen molar-refractivity contribution in [2.75, 3.05) is 6.54 Å². The summed E-state index contributed by atoms with van der Waals surface area (Å²) in [6.45, 7) is 4.23. The van der Waals surface area contributed by atoms with Gasteiger partial charge in [0.15, 0.2) is 0 Å². The molecule has 20 heavy (non-hydrogen) atoms. The minimum Gasteiger partial charge on any atom is -0.210 e. The zero-order chi connectivity index (χ0) is 14.8. The van der Waals surface area contributed by atoms with Crippen molar-refractivity contribution in [2.24, 2.45) is 0 Å². The molecule has 0 aliphatic rings. The Labute approximate surface area is 128 Å². The summed E-state index contributed by atoms with van der Waals surface area (Å²) in [6.07, 6.45) is 0. The fourth-order valence-corrected chi connectivity index (χ4v) is 4.36. The van der Waals surface area contributed by atoms with Crippen LogP contribution in [0.3, 0.4) is 0 Å². The number of nitrogens with one attached hydrogen (secondary N) is 1. The standard InChI is InChI=1S/C14H16ClNO2S2/c1-10(12-4-6-13(15)7-5-12)9-16-20(17,18)14-8-3-11(2)19-14/h3-8,10,16H,9H2,1-2H3. The molecule has 0 amide bonds. The van der Waals surface area contributed by atoms with Gasteiger partial charge in [-0.3, -0.25) is 0 Å². The molecule has 108 valence electrons. The molecule has 2 rings (SSSR count). The molecular weight excluding hydrogens is 314 g/mol. The molecule has 0 radical (unpaired) electrons. The van der Waals surface area contributed by atoms with Crippen LogP contribution < -0.4 is 4.72 Å². The molecule has 0 fully saturated rings. The van der Waals surface area contributed by atoms with E-state index >= 15 is 0 Å². The number of sulfonamides is 1. The van der Waals surface area contributed by atoms with E-state index in [2.05, 4.69) is 4.72 Å². The summed E-state index contributed by atoms with van der Waals surface area (Å²) in [5, 5.41) is 0.676. The summed E-state index contributed by atoms with van der Waals surface area (Å²) in [6, 6.07) is 10.9. The Hall–Kier alpha value is -0.880. The summed E-state index contributed by atoms with van der Waals surface area (Å²) < 4.78 is 27.2. The van der Waals surface area contributed by atoms with E-state index in [0.717, 1.165) is 10.4 Å². The molecule has 0 saturated heterocycles. The SMILES string of the molecule is Cc1ccc(S(=O)(=O)NCC(C)c2ccc(Cl)cc2)s1. The van der Waals surface area contributed by atoms with Crippen molar-refractivity contribution in [3.63, 3.8) is 0 Å². The van der Waals surface area contributed by atoms with E-state index < -0.39 is 10.0 Å². The third-order valence-electron chi connectivity index (χ3n) is 3.00. The smallest absolute Gasteiger partial charge is 0.210 e. The molecular formula is C14H16ClNO2S2.